The summed E-state index contributed by atoms with van der Waals surface area (Å²) in [4.78, 5) is 2.49. The normalized spacial score (nSPS) is 15.6. The number of anilines is 1. The lowest BCUT2D eigenvalue weighted by Gasteiger charge is -2.42. The third kappa shape index (κ3) is 4.98. The van der Waals surface area contributed by atoms with Crippen molar-refractivity contribution >= 4 is 5.69 Å². The standard InChI is InChI=1S/C28H34N2O2/c1-22-13-14-27(31)26(21-22)29-17-8-18-30-19-15-25(16-20-30)28(32,23-9-4-2-5-10-23)24-11-6-3-7-12-24/h2-7,9-14,21,25,29,31-32H,8,15-20H2,1H3. The van der Waals surface area contributed by atoms with E-state index in [1.54, 1.807) is 6.07 Å². The fourth-order valence-corrected chi connectivity index (χ4v) is 4.91. The number of rotatable bonds is 8. The van der Waals surface area contributed by atoms with Gasteiger partial charge >= 0.3 is 0 Å². The molecule has 0 atom stereocenters. The molecular formula is C28H34N2O2. The van der Waals surface area contributed by atoms with Gasteiger partial charge in [0.15, 0.2) is 0 Å². The zero-order valence-corrected chi connectivity index (χ0v) is 18.9. The number of phenolic OH excluding ortho intramolecular Hbond substituents is 1. The van der Waals surface area contributed by atoms with E-state index in [2.05, 4.69) is 10.2 Å². The van der Waals surface area contributed by atoms with Gasteiger partial charge in [0.05, 0.1) is 5.69 Å². The van der Waals surface area contributed by atoms with Crippen molar-refractivity contribution in [3.63, 3.8) is 0 Å². The second-order valence-corrected chi connectivity index (χ2v) is 8.92. The maximum absolute atomic E-state index is 12.0. The number of hydrogen-bond acceptors (Lipinski definition) is 4. The Bertz CT molecular complexity index is 943. The molecule has 0 saturated carbocycles. The van der Waals surface area contributed by atoms with Gasteiger partial charge in [-0.05, 0) is 80.6 Å². The third-order valence-electron chi connectivity index (χ3n) is 6.72. The van der Waals surface area contributed by atoms with Gasteiger partial charge in [-0.3, -0.25) is 0 Å². The van der Waals surface area contributed by atoms with Crippen LogP contribution in [0.2, 0.25) is 0 Å². The van der Waals surface area contributed by atoms with Crippen LogP contribution in [-0.4, -0.2) is 41.3 Å². The smallest absolute Gasteiger partial charge is 0.138 e. The highest BCUT2D eigenvalue weighted by atomic mass is 16.3. The Morgan fingerprint density at radius 2 is 1.50 bits per heavy atom. The van der Waals surface area contributed by atoms with Crippen molar-refractivity contribution in [2.24, 2.45) is 5.92 Å². The molecule has 3 aromatic carbocycles. The van der Waals surface area contributed by atoms with Gasteiger partial charge in [0.1, 0.15) is 11.4 Å². The lowest BCUT2D eigenvalue weighted by Crippen LogP contribution is -2.44. The van der Waals surface area contributed by atoms with E-state index in [1.165, 1.54) is 0 Å². The van der Waals surface area contributed by atoms with Crippen molar-refractivity contribution in [3.8, 4) is 5.75 Å². The molecular weight excluding hydrogens is 396 g/mol. The van der Waals surface area contributed by atoms with Gasteiger partial charge in [0.2, 0.25) is 0 Å². The monoisotopic (exact) mass is 430 g/mol. The molecule has 1 aliphatic heterocycles. The molecule has 3 aromatic rings. The SMILES string of the molecule is Cc1ccc(O)c(NCCCN2CCC(C(O)(c3ccccc3)c3ccccc3)CC2)c1. The summed E-state index contributed by atoms with van der Waals surface area (Å²) in [6.45, 7) is 5.85. The zero-order chi connectivity index (χ0) is 22.4. The molecule has 0 bridgehead atoms. The summed E-state index contributed by atoms with van der Waals surface area (Å²) in [6.07, 6.45) is 2.94. The lowest BCUT2D eigenvalue weighted by molar-refractivity contribution is -0.0141. The summed E-state index contributed by atoms with van der Waals surface area (Å²) >= 11 is 0. The van der Waals surface area contributed by atoms with E-state index in [-0.39, 0.29) is 5.92 Å². The van der Waals surface area contributed by atoms with Crippen LogP contribution in [0, 0.1) is 12.8 Å². The number of nitrogens with zero attached hydrogens (tertiary/aromatic N) is 1. The molecule has 1 fully saturated rings. The molecule has 1 aliphatic rings. The fourth-order valence-electron chi connectivity index (χ4n) is 4.91. The third-order valence-corrected chi connectivity index (χ3v) is 6.72. The van der Waals surface area contributed by atoms with E-state index in [0.717, 1.165) is 67.8 Å². The van der Waals surface area contributed by atoms with Crippen LogP contribution < -0.4 is 5.32 Å². The molecule has 1 saturated heterocycles. The molecule has 0 unspecified atom stereocenters. The summed E-state index contributed by atoms with van der Waals surface area (Å²) in [5.74, 6) is 0.489. The number of piperidine rings is 1. The fraction of sp³-hybridized carbons (Fsp3) is 0.357. The van der Waals surface area contributed by atoms with Gasteiger partial charge in [-0.25, -0.2) is 0 Å². The molecule has 0 aromatic heterocycles. The predicted octanol–water partition coefficient (Wildman–Crippen LogP) is 5.15. The first-order chi connectivity index (χ1) is 15.6. The lowest BCUT2D eigenvalue weighted by atomic mass is 9.72. The summed E-state index contributed by atoms with van der Waals surface area (Å²) in [5.41, 5.74) is 2.94. The van der Waals surface area contributed by atoms with Gasteiger partial charge in [0, 0.05) is 6.54 Å². The summed E-state index contributed by atoms with van der Waals surface area (Å²) in [7, 11) is 0. The minimum absolute atomic E-state index is 0.186. The molecule has 1 heterocycles. The number of nitrogens with one attached hydrogen (secondary N) is 1. The first-order valence-electron chi connectivity index (χ1n) is 11.7. The van der Waals surface area contributed by atoms with Crippen LogP contribution in [0.25, 0.3) is 0 Å². The Labute approximate surface area is 191 Å². The van der Waals surface area contributed by atoms with Crippen molar-refractivity contribution in [1.82, 2.24) is 4.90 Å². The largest absolute Gasteiger partial charge is 0.506 e. The molecule has 3 N–H and O–H groups in total. The molecule has 0 spiro atoms. The second-order valence-electron chi connectivity index (χ2n) is 8.92. The highest BCUT2D eigenvalue weighted by Crippen LogP contribution is 2.41. The number of aliphatic hydroxyl groups is 1. The van der Waals surface area contributed by atoms with Crippen molar-refractivity contribution in [1.29, 1.82) is 0 Å². The number of hydrogen-bond donors (Lipinski definition) is 3. The first kappa shape index (κ1) is 22.4. The minimum atomic E-state index is -0.959. The van der Waals surface area contributed by atoms with Crippen molar-refractivity contribution in [2.75, 3.05) is 31.5 Å². The van der Waals surface area contributed by atoms with Crippen LogP contribution >= 0.6 is 0 Å². The molecule has 4 rings (SSSR count). The Balaban J connectivity index is 1.34. The van der Waals surface area contributed by atoms with Crippen LogP contribution in [0.5, 0.6) is 5.75 Å². The Morgan fingerprint density at radius 1 is 0.906 bits per heavy atom. The summed E-state index contributed by atoms with van der Waals surface area (Å²) < 4.78 is 0. The molecule has 0 radical (unpaired) electrons. The van der Waals surface area contributed by atoms with E-state index in [9.17, 15) is 10.2 Å². The van der Waals surface area contributed by atoms with Gasteiger partial charge in [0.25, 0.3) is 0 Å². The number of aromatic hydroxyl groups is 1. The van der Waals surface area contributed by atoms with Gasteiger partial charge in [-0.1, -0.05) is 66.7 Å². The van der Waals surface area contributed by atoms with E-state index < -0.39 is 5.60 Å². The van der Waals surface area contributed by atoms with Crippen LogP contribution in [0.4, 0.5) is 5.69 Å². The molecule has 32 heavy (non-hydrogen) atoms. The topological polar surface area (TPSA) is 55.7 Å². The van der Waals surface area contributed by atoms with Gasteiger partial charge < -0.3 is 20.4 Å². The average molecular weight is 431 g/mol. The van der Waals surface area contributed by atoms with Crippen molar-refractivity contribution < 1.29 is 10.2 Å². The molecule has 168 valence electrons. The highest BCUT2D eigenvalue weighted by molar-refractivity contribution is 5.57. The van der Waals surface area contributed by atoms with Crippen LogP contribution in [-0.2, 0) is 5.60 Å². The minimum Gasteiger partial charge on any atom is -0.506 e. The maximum atomic E-state index is 12.0. The van der Waals surface area contributed by atoms with Crippen LogP contribution in [0.15, 0.2) is 78.9 Å². The van der Waals surface area contributed by atoms with Gasteiger partial charge in [-0.15, -0.1) is 0 Å². The number of benzene rings is 3. The van der Waals surface area contributed by atoms with E-state index in [0.29, 0.717) is 5.75 Å². The molecule has 0 amide bonds. The van der Waals surface area contributed by atoms with Crippen molar-refractivity contribution in [2.45, 2.75) is 31.8 Å². The predicted molar refractivity (Wildman–Crippen MR) is 131 cm³/mol. The number of likely N-dealkylation sites (tertiary alicyclic amines) is 1. The van der Waals surface area contributed by atoms with E-state index in [1.807, 2.05) is 79.7 Å². The number of phenols is 1. The Hall–Kier alpha value is -2.82. The Kier molecular flexibility index (Phi) is 7.13. The maximum Gasteiger partial charge on any atom is 0.138 e. The van der Waals surface area contributed by atoms with E-state index in [4.69, 9.17) is 0 Å². The quantitative estimate of drug-likeness (QED) is 0.342. The van der Waals surface area contributed by atoms with Crippen LogP contribution in [0.1, 0.15) is 36.0 Å². The highest BCUT2D eigenvalue weighted by Gasteiger charge is 2.41. The van der Waals surface area contributed by atoms with Crippen molar-refractivity contribution in [3.05, 3.63) is 95.6 Å². The van der Waals surface area contributed by atoms with E-state index >= 15 is 0 Å². The molecule has 4 nitrogen and oxygen atoms in total. The molecule has 0 aliphatic carbocycles. The average Bonchev–Trinajstić information content (AvgIpc) is 2.85. The first-order valence-corrected chi connectivity index (χ1v) is 11.7. The zero-order valence-electron chi connectivity index (χ0n) is 18.9. The Morgan fingerprint density at radius 3 is 2.09 bits per heavy atom. The van der Waals surface area contributed by atoms with Gasteiger partial charge in [-0.2, -0.15) is 0 Å². The summed E-state index contributed by atoms with van der Waals surface area (Å²) in [6, 6.07) is 25.9. The molecule has 4 heteroatoms. The number of aryl methyl sites for hydroxylation is 1. The second kappa shape index (κ2) is 10.2. The summed E-state index contributed by atoms with van der Waals surface area (Å²) in [5, 5.41) is 25.3. The van der Waals surface area contributed by atoms with Crippen LogP contribution in [0.3, 0.4) is 0 Å².